The number of imidazole rings is 1. The fraction of sp³-hybridized carbons (Fsp3) is 0.667. The molecular weight excluding hydrogens is 231 g/mol. The van der Waals surface area contributed by atoms with Crippen LogP contribution in [0.3, 0.4) is 0 Å². The molecule has 1 N–H and O–H groups in total. The second kappa shape index (κ2) is 8.47. The van der Waals surface area contributed by atoms with Crippen LogP contribution in [0, 0.1) is 0 Å². The predicted octanol–water partition coefficient (Wildman–Crippen LogP) is 0.850. The van der Waals surface area contributed by atoms with Crippen LogP contribution in [-0.4, -0.2) is 18.2 Å². The zero-order valence-corrected chi connectivity index (χ0v) is 10.8. The van der Waals surface area contributed by atoms with E-state index in [1.165, 1.54) is 0 Å². The van der Waals surface area contributed by atoms with Gasteiger partial charge >= 0.3 is 0 Å². The number of nitrogens with one attached hydrogen (secondary N) is 1. The van der Waals surface area contributed by atoms with Crippen LogP contribution < -0.4 is 9.46 Å². The van der Waals surface area contributed by atoms with Crippen molar-refractivity contribution in [3.05, 3.63) is 18.7 Å². The molecule has 0 aliphatic rings. The zero-order valence-electron chi connectivity index (χ0n) is 9.88. The van der Waals surface area contributed by atoms with Crippen molar-refractivity contribution in [2.45, 2.75) is 27.3 Å². The Morgan fingerprint density at radius 3 is 2.12 bits per heavy atom. The summed E-state index contributed by atoms with van der Waals surface area (Å²) in [5.41, 5.74) is 0. The van der Waals surface area contributed by atoms with Gasteiger partial charge in [0.05, 0.1) is 19.8 Å². The largest absolute Gasteiger partial charge is 0.756 e. The summed E-state index contributed by atoms with van der Waals surface area (Å²) in [7, 11) is -3.94. The Bertz CT molecular complexity index is 292. The summed E-state index contributed by atoms with van der Waals surface area (Å²) in [4.78, 5) is 13.4. The van der Waals surface area contributed by atoms with E-state index in [-0.39, 0.29) is 13.2 Å². The van der Waals surface area contributed by atoms with Crippen molar-refractivity contribution < 1.29 is 23.1 Å². The van der Waals surface area contributed by atoms with Gasteiger partial charge in [-0.15, -0.1) is 0 Å². The van der Waals surface area contributed by atoms with E-state index in [1.54, 1.807) is 13.8 Å². The summed E-state index contributed by atoms with van der Waals surface area (Å²) in [6, 6.07) is 0. The number of rotatable bonds is 5. The minimum Gasteiger partial charge on any atom is -0.756 e. The van der Waals surface area contributed by atoms with E-state index in [1.807, 2.05) is 18.7 Å². The van der Waals surface area contributed by atoms with Gasteiger partial charge in [0, 0.05) is 0 Å². The van der Waals surface area contributed by atoms with Crippen LogP contribution >= 0.6 is 7.82 Å². The van der Waals surface area contributed by atoms with Crippen molar-refractivity contribution in [2.75, 3.05) is 13.2 Å². The molecule has 0 saturated carbocycles. The first-order valence-corrected chi connectivity index (χ1v) is 6.63. The first kappa shape index (κ1) is 15.3. The van der Waals surface area contributed by atoms with Crippen LogP contribution in [0.5, 0.6) is 0 Å². The molecule has 1 rings (SSSR count). The van der Waals surface area contributed by atoms with Gasteiger partial charge in [-0.3, -0.25) is 9.55 Å². The first-order chi connectivity index (χ1) is 7.55. The lowest BCUT2D eigenvalue weighted by molar-refractivity contribution is -0.692. The van der Waals surface area contributed by atoms with Crippen LogP contribution in [0.15, 0.2) is 18.7 Å². The lowest BCUT2D eigenvalue weighted by atomic mass is 10.7. The molecule has 0 aromatic carbocycles. The highest BCUT2D eigenvalue weighted by Gasteiger charge is 2.04. The number of phosphoric ester groups is 1. The molecule has 0 aliphatic carbocycles. The highest BCUT2D eigenvalue weighted by atomic mass is 31.2. The van der Waals surface area contributed by atoms with Gasteiger partial charge in [0.1, 0.15) is 12.4 Å². The van der Waals surface area contributed by atoms with Crippen LogP contribution in [0.4, 0.5) is 0 Å². The Balaban J connectivity index is 0.000000288. The number of hydrogen-bond donors (Lipinski definition) is 1. The molecule has 7 heteroatoms. The van der Waals surface area contributed by atoms with E-state index in [4.69, 9.17) is 0 Å². The summed E-state index contributed by atoms with van der Waals surface area (Å²) in [5.74, 6) is 0. The fourth-order valence-corrected chi connectivity index (χ4v) is 1.58. The lowest BCUT2D eigenvalue weighted by Crippen LogP contribution is -2.27. The maximum Gasteiger partial charge on any atom is 0.267 e. The third-order valence-electron chi connectivity index (χ3n) is 1.54. The average Bonchev–Trinajstić information content (AvgIpc) is 2.70. The summed E-state index contributed by atoms with van der Waals surface area (Å²) >= 11 is 0. The van der Waals surface area contributed by atoms with Gasteiger partial charge in [-0.2, -0.15) is 0 Å². The quantitative estimate of drug-likeness (QED) is 0.620. The Hall–Kier alpha value is -0.680. The van der Waals surface area contributed by atoms with Crippen molar-refractivity contribution in [3.63, 3.8) is 0 Å². The first-order valence-electron chi connectivity index (χ1n) is 5.17. The van der Waals surface area contributed by atoms with Gasteiger partial charge in [0.15, 0.2) is 0 Å². The third kappa shape index (κ3) is 7.59. The lowest BCUT2D eigenvalue weighted by Gasteiger charge is -2.20. The molecule has 6 nitrogen and oxygen atoms in total. The number of aromatic amines is 1. The van der Waals surface area contributed by atoms with Gasteiger partial charge in [-0.25, -0.2) is 4.57 Å². The van der Waals surface area contributed by atoms with E-state index >= 15 is 0 Å². The van der Waals surface area contributed by atoms with E-state index < -0.39 is 7.82 Å². The number of phosphoric acid groups is 1. The van der Waals surface area contributed by atoms with Gasteiger partial charge in [-0.05, 0) is 20.8 Å². The van der Waals surface area contributed by atoms with E-state index in [0.29, 0.717) is 0 Å². The van der Waals surface area contributed by atoms with E-state index in [0.717, 1.165) is 6.54 Å². The van der Waals surface area contributed by atoms with Crippen LogP contribution in [-0.2, 0) is 20.2 Å². The van der Waals surface area contributed by atoms with Gasteiger partial charge in [-0.1, -0.05) is 0 Å². The predicted molar refractivity (Wildman–Crippen MR) is 57.5 cm³/mol. The average molecular weight is 250 g/mol. The fourth-order valence-electron chi connectivity index (χ4n) is 0.871. The minimum atomic E-state index is -3.94. The molecule has 1 aromatic rings. The summed E-state index contributed by atoms with van der Waals surface area (Å²) in [6.07, 6.45) is 5.84. The number of H-pyrrole nitrogens is 1. The summed E-state index contributed by atoms with van der Waals surface area (Å²) < 4.78 is 21.0. The minimum absolute atomic E-state index is 0.126. The van der Waals surface area contributed by atoms with Crippen molar-refractivity contribution in [2.24, 2.45) is 0 Å². The highest BCUT2D eigenvalue weighted by molar-refractivity contribution is 7.45. The molecule has 0 unspecified atom stereocenters. The molecule has 1 aromatic heterocycles. The van der Waals surface area contributed by atoms with Crippen LogP contribution in [0.25, 0.3) is 0 Å². The molecule has 0 atom stereocenters. The molecule has 16 heavy (non-hydrogen) atoms. The Morgan fingerprint density at radius 1 is 1.31 bits per heavy atom. The zero-order chi connectivity index (χ0) is 12.4. The maximum absolute atomic E-state index is 10.4. The molecule has 94 valence electrons. The maximum atomic E-state index is 10.4. The Labute approximate surface area is 95.8 Å². The van der Waals surface area contributed by atoms with Gasteiger partial charge < -0.3 is 13.9 Å². The molecular formula is C9H19N2O4P. The molecule has 0 spiro atoms. The smallest absolute Gasteiger partial charge is 0.267 e. The Morgan fingerprint density at radius 2 is 1.88 bits per heavy atom. The second-order valence-electron chi connectivity index (χ2n) is 2.72. The monoisotopic (exact) mass is 250 g/mol. The molecule has 0 bridgehead atoms. The van der Waals surface area contributed by atoms with Crippen molar-refractivity contribution in [3.8, 4) is 0 Å². The van der Waals surface area contributed by atoms with Crippen LogP contribution in [0.2, 0.25) is 0 Å². The molecule has 0 radical (unpaired) electrons. The van der Waals surface area contributed by atoms with Gasteiger partial charge in [0.2, 0.25) is 6.33 Å². The topological polar surface area (TPSA) is 78.3 Å². The van der Waals surface area contributed by atoms with E-state index in [2.05, 4.69) is 25.5 Å². The third-order valence-corrected chi connectivity index (χ3v) is 2.69. The molecule has 0 saturated heterocycles. The SMILES string of the molecule is CCOP(=O)([O-])OCC.CC[n+]1cc[nH]c1. The number of nitrogens with zero attached hydrogens (tertiary/aromatic N) is 1. The number of hydrogen-bond acceptors (Lipinski definition) is 4. The summed E-state index contributed by atoms with van der Waals surface area (Å²) in [5, 5.41) is 0. The highest BCUT2D eigenvalue weighted by Crippen LogP contribution is 2.37. The number of aryl methyl sites for hydroxylation is 1. The van der Waals surface area contributed by atoms with Crippen molar-refractivity contribution in [1.82, 2.24) is 4.98 Å². The van der Waals surface area contributed by atoms with Crippen molar-refractivity contribution in [1.29, 1.82) is 0 Å². The number of aromatic nitrogens is 2. The molecule has 0 amide bonds. The van der Waals surface area contributed by atoms with Gasteiger partial charge in [0.25, 0.3) is 7.82 Å². The summed E-state index contributed by atoms with van der Waals surface area (Å²) in [6.45, 7) is 6.58. The van der Waals surface area contributed by atoms with E-state index in [9.17, 15) is 9.46 Å². The molecule has 1 heterocycles. The van der Waals surface area contributed by atoms with Crippen molar-refractivity contribution >= 4 is 7.82 Å². The van der Waals surface area contributed by atoms with Crippen LogP contribution in [0.1, 0.15) is 20.8 Å². The standard InChI is InChI=1S/C5H8N2.C4H11O4P/c1-2-7-4-3-6-5-7;1-3-7-9(5,6)8-4-2/h3-5H,2H2,1H3;3-4H2,1-2H3,(H,5,6). The Kier molecular flexibility index (Phi) is 8.11. The molecule has 0 aliphatic heterocycles. The molecule has 0 fully saturated rings. The second-order valence-corrected chi connectivity index (χ2v) is 4.14. The normalized spacial score (nSPS) is 10.8.